The minimum atomic E-state index is -4.38. The number of benzene rings is 1. The fraction of sp³-hybridized carbons (Fsp3) is 0.480. The molecule has 2 aromatic rings. The highest BCUT2D eigenvalue weighted by molar-refractivity contribution is 7.92. The van der Waals surface area contributed by atoms with Crippen LogP contribution in [0.1, 0.15) is 51.3 Å². The predicted octanol–water partition coefficient (Wildman–Crippen LogP) is 6.54. The van der Waals surface area contributed by atoms with Crippen LogP contribution in [0.2, 0.25) is 0 Å². The molecule has 3 atom stereocenters. The number of halogens is 3. The fourth-order valence-electron chi connectivity index (χ4n) is 4.69. The molecule has 35 heavy (non-hydrogen) atoms. The number of aryl methyl sites for hydroxylation is 1. The van der Waals surface area contributed by atoms with E-state index in [1.54, 1.807) is 0 Å². The van der Waals surface area contributed by atoms with Gasteiger partial charge in [-0.15, -0.1) is 5.10 Å². The van der Waals surface area contributed by atoms with Crippen LogP contribution in [0.25, 0.3) is 5.57 Å². The first-order valence-electron chi connectivity index (χ1n) is 11.9. The van der Waals surface area contributed by atoms with E-state index < -0.39 is 11.7 Å². The zero-order valence-corrected chi connectivity index (χ0v) is 20.9. The van der Waals surface area contributed by atoms with E-state index in [0.717, 1.165) is 49.2 Å². The Morgan fingerprint density at radius 3 is 2.69 bits per heavy atom. The van der Waals surface area contributed by atoms with E-state index >= 15 is 0 Å². The van der Waals surface area contributed by atoms with Gasteiger partial charge in [0.05, 0.1) is 11.3 Å². The summed E-state index contributed by atoms with van der Waals surface area (Å²) >= 11 is 1.23. The molecular formula is C25H31F3N4O2S. The average Bonchev–Trinajstić information content (AvgIpc) is 3.38. The molecule has 2 aliphatic carbocycles. The third-order valence-electron chi connectivity index (χ3n) is 6.49. The van der Waals surface area contributed by atoms with Gasteiger partial charge in [0.25, 0.3) is 0 Å². The molecular weight excluding hydrogens is 477 g/mol. The van der Waals surface area contributed by atoms with Crippen molar-refractivity contribution in [2.24, 2.45) is 11.3 Å². The maximum atomic E-state index is 12.8. The van der Waals surface area contributed by atoms with Gasteiger partial charge in [-0.25, -0.2) is 9.01 Å². The van der Waals surface area contributed by atoms with Gasteiger partial charge < -0.3 is 4.74 Å². The molecule has 2 unspecified atom stereocenters. The summed E-state index contributed by atoms with van der Waals surface area (Å²) in [5.74, 6) is 1.06. The third kappa shape index (κ3) is 6.11. The van der Waals surface area contributed by atoms with Crippen LogP contribution in [-0.2, 0) is 17.0 Å². The highest BCUT2D eigenvalue weighted by Crippen LogP contribution is 2.49. The molecule has 2 N–H and O–H groups in total. The summed E-state index contributed by atoms with van der Waals surface area (Å²) in [5, 5.41) is 4.51. The van der Waals surface area contributed by atoms with Crippen molar-refractivity contribution in [2.45, 2.75) is 58.8 Å². The van der Waals surface area contributed by atoms with Crippen LogP contribution in [0.15, 0.2) is 48.6 Å². The molecule has 10 heteroatoms. The van der Waals surface area contributed by atoms with E-state index in [2.05, 4.69) is 47.4 Å². The third-order valence-corrected chi connectivity index (χ3v) is 6.99. The van der Waals surface area contributed by atoms with Crippen molar-refractivity contribution in [1.82, 2.24) is 20.0 Å². The second kappa shape index (κ2) is 10.8. The monoisotopic (exact) mass is 508 g/mol. The van der Waals surface area contributed by atoms with Crippen LogP contribution >= 0.6 is 12.2 Å². The number of hydrogen-bond donors (Lipinski definition) is 2. The van der Waals surface area contributed by atoms with Gasteiger partial charge in [0.15, 0.2) is 0 Å². The van der Waals surface area contributed by atoms with Crippen LogP contribution in [0.5, 0.6) is 11.6 Å². The number of alkyl halides is 3. The summed E-state index contributed by atoms with van der Waals surface area (Å²) < 4.78 is 54.8. The molecule has 4 rings (SSSR count). The molecule has 0 radical (unpaired) electrons. The highest BCUT2D eigenvalue weighted by atomic mass is 32.2. The number of nitrogens with zero attached hydrogens (tertiary/aromatic N) is 2. The molecule has 1 aromatic carbocycles. The minimum absolute atomic E-state index is 0.0239. The Labute approximate surface area is 208 Å². The maximum absolute atomic E-state index is 12.8. The van der Waals surface area contributed by atoms with Gasteiger partial charge in [0.2, 0.25) is 5.88 Å². The van der Waals surface area contributed by atoms with Crippen molar-refractivity contribution < 1.29 is 22.2 Å². The summed E-state index contributed by atoms with van der Waals surface area (Å²) in [6.07, 6.45) is 5.27. The highest BCUT2D eigenvalue weighted by Gasteiger charge is 2.43. The first-order valence-corrected chi connectivity index (χ1v) is 12.6. The Morgan fingerprint density at radius 2 is 2.00 bits per heavy atom. The molecule has 1 saturated carbocycles. The van der Waals surface area contributed by atoms with Crippen LogP contribution < -0.4 is 14.9 Å². The number of allylic oxidation sites excluding steroid dienone is 4. The molecule has 1 heterocycles. The topological polar surface area (TPSA) is 60.3 Å². The van der Waals surface area contributed by atoms with Crippen LogP contribution in [0.4, 0.5) is 13.2 Å². The lowest BCUT2D eigenvalue weighted by Crippen LogP contribution is -2.27. The molecule has 0 bridgehead atoms. The predicted molar refractivity (Wildman–Crippen MR) is 131 cm³/mol. The molecule has 2 aliphatic rings. The van der Waals surface area contributed by atoms with Crippen molar-refractivity contribution in [1.29, 1.82) is 0 Å². The Bertz CT molecular complexity index is 1070. The number of aromatic nitrogens is 2. The summed E-state index contributed by atoms with van der Waals surface area (Å²) in [6.45, 7) is 7.89. The van der Waals surface area contributed by atoms with Gasteiger partial charge in [-0.1, -0.05) is 32.1 Å². The molecule has 0 saturated heterocycles. The lowest BCUT2D eigenvalue weighted by atomic mass is 9.75. The lowest BCUT2D eigenvalue weighted by Gasteiger charge is -2.30. The number of rotatable bonds is 10. The van der Waals surface area contributed by atoms with E-state index in [4.69, 9.17) is 9.02 Å². The molecule has 0 aliphatic heterocycles. The lowest BCUT2D eigenvalue weighted by molar-refractivity contribution is -0.137. The molecule has 6 nitrogen and oxygen atoms in total. The summed E-state index contributed by atoms with van der Waals surface area (Å²) in [4.78, 5) is 0. The van der Waals surface area contributed by atoms with Crippen molar-refractivity contribution >= 4 is 17.8 Å². The Kier molecular flexibility index (Phi) is 7.95. The molecule has 0 spiro atoms. The first kappa shape index (κ1) is 25.8. The molecule has 0 amide bonds. The smallest absolute Gasteiger partial charge is 0.416 e. The molecule has 190 valence electrons. The summed E-state index contributed by atoms with van der Waals surface area (Å²) in [7, 11) is 0. The number of hydroxylamine groups is 1. The second-order valence-electron chi connectivity index (χ2n) is 9.19. The van der Waals surface area contributed by atoms with Crippen molar-refractivity contribution in [3.63, 3.8) is 0 Å². The van der Waals surface area contributed by atoms with E-state index in [9.17, 15) is 13.2 Å². The van der Waals surface area contributed by atoms with Crippen molar-refractivity contribution in [2.75, 3.05) is 6.54 Å². The Hall–Kier alpha value is -2.27. The minimum Gasteiger partial charge on any atom is -0.438 e. The number of fused-ring (bicyclic) bond motifs is 1. The van der Waals surface area contributed by atoms with E-state index in [1.807, 2.05) is 17.7 Å². The van der Waals surface area contributed by atoms with Crippen molar-refractivity contribution in [3.05, 3.63) is 59.8 Å². The van der Waals surface area contributed by atoms with Crippen LogP contribution in [0, 0.1) is 11.3 Å². The van der Waals surface area contributed by atoms with E-state index in [0.29, 0.717) is 24.1 Å². The summed E-state index contributed by atoms with van der Waals surface area (Å²) in [5.41, 5.74) is 4.41. The first-order chi connectivity index (χ1) is 16.7. The number of nitrogens with one attached hydrogen (secondary N) is 2. The Morgan fingerprint density at radius 1 is 1.23 bits per heavy atom. The van der Waals surface area contributed by atoms with Gasteiger partial charge >= 0.3 is 6.18 Å². The van der Waals surface area contributed by atoms with Gasteiger partial charge in [0, 0.05) is 25.2 Å². The Balaban J connectivity index is 1.45. The van der Waals surface area contributed by atoms with E-state index in [-0.39, 0.29) is 11.5 Å². The fourth-order valence-corrected chi connectivity index (χ4v) is 5.22. The normalized spacial score (nSPS) is 23.9. The zero-order chi connectivity index (χ0) is 25.1. The van der Waals surface area contributed by atoms with Gasteiger partial charge in [-0.2, -0.15) is 18.7 Å². The zero-order valence-electron chi connectivity index (χ0n) is 20.1. The van der Waals surface area contributed by atoms with Crippen LogP contribution in [-0.4, -0.2) is 22.4 Å². The number of hydrogen-bond acceptors (Lipinski definition) is 6. The standard InChI is InChI=1S/C25H31F3N4O2S/c1-4-12-29-35-34-31-20-13-19-7-6-17(15-24(19,3)16-20)22-14-23(30-32(22)5-2)33-21-10-8-18(9-11-21)25(26,27)28/h6-11,14-15,19-20,29,31H,4-5,12-13,16H2,1-3H3/t19?,20?,24-/m0/s1. The van der Waals surface area contributed by atoms with Gasteiger partial charge in [-0.05, 0) is 67.4 Å². The second-order valence-corrected chi connectivity index (χ2v) is 9.82. The van der Waals surface area contributed by atoms with Gasteiger partial charge in [-0.3, -0.25) is 4.68 Å². The largest absolute Gasteiger partial charge is 0.438 e. The van der Waals surface area contributed by atoms with Gasteiger partial charge in [0.1, 0.15) is 18.0 Å². The maximum Gasteiger partial charge on any atom is 0.416 e. The van der Waals surface area contributed by atoms with Crippen molar-refractivity contribution in [3.8, 4) is 11.6 Å². The average molecular weight is 509 g/mol. The van der Waals surface area contributed by atoms with Crippen LogP contribution in [0.3, 0.4) is 0 Å². The quantitative estimate of drug-likeness (QED) is 0.165. The molecule has 1 fully saturated rings. The molecule has 1 aromatic heterocycles. The number of ether oxygens (including phenoxy) is 1. The summed E-state index contributed by atoms with van der Waals surface area (Å²) in [6, 6.07) is 6.71. The SMILES string of the molecule is CCCNSONC1CC2C=CC(c3cc(Oc4ccc(C(F)(F)F)cc4)nn3CC)=C[C@@]2(C)C1. The van der Waals surface area contributed by atoms with E-state index in [1.165, 1.54) is 24.4 Å².